The fourth-order valence-corrected chi connectivity index (χ4v) is 3.70. The molecule has 2 atom stereocenters. The number of halogens is 2. The van der Waals surface area contributed by atoms with Crippen LogP contribution in [0.3, 0.4) is 0 Å². The summed E-state index contributed by atoms with van der Waals surface area (Å²) < 4.78 is 1.67. The van der Waals surface area contributed by atoms with Gasteiger partial charge in [-0.1, -0.05) is 28.8 Å². The summed E-state index contributed by atoms with van der Waals surface area (Å²) in [5, 5.41) is 12.0. The molecule has 6 heteroatoms. The maximum atomic E-state index is 12.3. The van der Waals surface area contributed by atoms with Gasteiger partial charge in [-0.05, 0) is 47.0 Å². The Morgan fingerprint density at radius 2 is 1.80 bits per heavy atom. The summed E-state index contributed by atoms with van der Waals surface area (Å²) in [6.45, 7) is 0. The molecule has 0 spiro atoms. The maximum Gasteiger partial charge on any atom is 0.307 e. The van der Waals surface area contributed by atoms with Gasteiger partial charge in [-0.2, -0.15) is 0 Å². The van der Waals surface area contributed by atoms with Crippen LogP contribution < -0.4 is 5.32 Å². The second-order valence-electron chi connectivity index (χ2n) is 4.95. The molecule has 2 N–H and O–H groups in total. The van der Waals surface area contributed by atoms with Gasteiger partial charge in [0.05, 0.1) is 17.5 Å². The van der Waals surface area contributed by atoms with Crippen molar-refractivity contribution in [1.29, 1.82) is 0 Å². The first-order valence-corrected chi connectivity index (χ1v) is 8.06. The number of nitrogens with one attached hydrogen (secondary N) is 1. The Hall–Kier alpha value is -0.880. The molecule has 1 amide bonds. The van der Waals surface area contributed by atoms with Crippen molar-refractivity contribution in [1.82, 2.24) is 0 Å². The summed E-state index contributed by atoms with van der Waals surface area (Å²) in [5.41, 5.74) is 0.660. The molecule has 0 bridgehead atoms. The van der Waals surface area contributed by atoms with E-state index in [1.54, 1.807) is 6.07 Å². The second kappa shape index (κ2) is 6.72. The minimum atomic E-state index is -0.875. The lowest BCUT2D eigenvalue weighted by Crippen LogP contribution is -2.36. The van der Waals surface area contributed by atoms with Crippen LogP contribution in [0.5, 0.6) is 0 Å². The number of amides is 1. The van der Waals surface area contributed by atoms with Gasteiger partial charge in [-0.3, -0.25) is 9.59 Å². The highest BCUT2D eigenvalue weighted by molar-refractivity contribution is 9.11. The third kappa shape index (κ3) is 3.61. The number of carboxylic acid groups (broad SMARTS) is 1. The molecular formula is C14H15Br2NO3. The highest BCUT2D eigenvalue weighted by atomic mass is 79.9. The second-order valence-corrected chi connectivity index (χ2v) is 6.72. The lowest BCUT2D eigenvalue weighted by molar-refractivity contribution is -0.147. The van der Waals surface area contributed by atoms with E-state index in [9.17, 15) is 14.7 Å². The molecule has 0 saturated heterocycles. The lowest BCUT2D eigenvalue weighted by Gasteiger charge is -2.27. The molecule has 0 aliphatic heterocycles. The minimum Gasteiger partial charge on any atom is -0.481 e. The summed E-state index contributed by atoms with van der Waals surface area (Å²) in [4.78, 5) is 23.6. The van der Waals surface area contributed by atoms with Crippen molar-refractivity contribution in [2.24, 2.45) is 11.8 Å². The SMILES string of the molecule is O=C(O)C1CCCCC1C(=O)Nc1ccc(Br)cc1Br. The Balaban J connectivity index is 2.12. The van der Waals surface area contributed by atoms with E-state index >= 15 is 0 Å². The van der Waals surface area contributed by atoms with Crippen LogP contribution >= 0.6 is 31.9 Å². The zero-order valence-corrected chi connectivity index (χ0v) is 13.9. The molecule has 1 saturated carbocycles. The molecule has 0 aromatic heterocycles. The van der Waals surface area contributed by atoms with Gasteiger partial charge in [-0.15, -0.1) is 0 Å². The third-order valence-corrected chi connectivity index (χ3v) is 4.76. The van der Waals surface area contributed by atoms with Gasteiger partial charge in [0, 0.05) is 8.95 Å². The number of aliphatic carboxylic acids is 1. The van der Waals surface area contributed by atoms with E-state index < -0.39 is 17.8 Å². The molecule has 1 fully saturated rings. The number of carbonyl (C=O) groups is 2. The standard InChI is InChI=1S/C14H15Br2NO3/c15-8-5-6-12(11(16)7-8)17-13(18)9-3-1-2-4-10(9)14(19)20/h5-7,9-10H,1-4H2,(H,17,18)(H,19,20). The van der Waals surface area contributed by atoms with Crippen LogP contribution in [0, 0.1) is 11.8 Å². The Labute approximate surface area is 134 Å². The Morgan fingerprint density at radius 1 is 1.15 bits per heavy atom. The topological polar surface area (TPSA) is 66.4 Å². The van der Waals surface area contributed by atoms with Gasteiger partial charge in [-0.25, -0.2) is 0 Å². The molecule has 2 unspecified atom stereocenters. The Kier molecular flexibility index (Phi) is 5.21. The largest absolute Gasteiger partial charge is 0.481 e. The van der Waals surface area contributed by atoms with Crippen LogP contribution in [-0.4, -0.2) is 17.0 Å². The normalized spacial score (nSPS) is 22.3. The molecule has 1 aliphatic carbocycles. The summed E-state index contributed by atoms with van der Waals surface area (Å²) in [5.74, 6) is -2.10. The van der Waals surface area contributed by atoms with Crippen molar-refractivity contribution in [2.75, 3.05) is 5.32 Å². The molecule has 1 aromatic rings. The predicted molar refractivity (Wildman–Crippen MR) is 83.6 cm³/mol. The van der Waals surface area contributed by atoms with Gasteiger partial charge in [0.25, 0.3) is 0 Å². The molecule has 2 rings (SSSR count). The first-order valence-electron chi connectivity index (χ1n) is 6.48. The van der Waals surface area contributed by atoms with Crippen molar-refractivity contribution in [3.8, 4) is 0 Å². The zero-order chi connectivity index (χ0) is 14.7. The minimum absolute atomic E-state index is 0.208. The van der Waals surface area contributed by atoms with Gasteiger partial charge >= 0.3 is 5.97 Å². The van der Waals surface area contributed by atoms with E-state index in [4.69, 9.17) is 0 Å². The van der Waals surface area contributed by atoms with E-state index in [0.717, 1.165) is 21.8 Å². The number of hydrogen-bond acceptors (Lipinski definition) is 2. The van der Waals surface area contributed by atoms with Crippen molar-refractivity contribution in [3.63, 3.8) is 0 Å². The van der Waals surface area contributed by atoms with Crippen LogP contribution in [-0.2, 0) is 9.59 Å². The van der Waals surface area contributed by atoms with Crippen molar-refractivity contribution >= 4 is 49.4 Å². The average molecular weight is 405 g/mol. The van der Waals surface area contributed by atoms with Gasteiger partial charge < -0.3 is 10.4 Å². The van der Waals surface area contributed by atoms with E-state index in [1.807, 2.05) is 12.1 Å². The van der Waals surface area contributed by atoms with Gasteiger partial charge in [0.1, 0.15) is 0 Å². The highest BCUT2D eigenvalue weighted by Gasteiger charge is 2.35. The van der Waals surface area contributed by atoms with Crippen molar-refractivity contribution in [2.45, 2.75) is 25.7 Å². The summed E-state index contributed by atoms with van der Waals surface area (Å²) in [6, 6.07) is 5.45. The van der Waals surface area contributed by atoms with Gasteiger partial charge in [0.15, 0.2) is 0 Å². The molecule has 1 aromatic carbocycles. The van der Waals surface area contributed by atoms with Crippen molar-refractivity contribution < 1.29 is 14.7 Å². The molecular weight excluding hydrogens is 390 g/mol. The molecule has 0 radical (unpaired) electrons. The fourth-order valence-electron chi connectivity index (χ4n) is 2.56. The molecule has 0 heterocycles. The summed E-state index contributed by atoms with van der Waals surface area (Å²) in [7, 11) is 0. The number of hydrogen-bond donors (Lipinski definition) is 2. The zero-order valence-electron chi connectivity index (χ0n) is 10.7. The lowest BCUT2D eigenvalue weighted by atomic mass is 9.78. The van der Waals surface area contributed by atoms with Crippen LogP contribution in [0.2, 0.25) is 0 Å². The highest BCUT2D eigenvalue weighted by Crippen LogP contribution is 2.32. The first-order chi connectivity index (χ1) is 9.49. The summed E-state index contributed by atoms with van der Waals surface area (Å²) in [6.07, 6.45) is 3.00. The number of anilines is 1. The first kappa shape index (κ1) is 15.5. The monoisotopic (exact) mass is 403 g/mol. The third-order valence-electron chi connectivity index (χ3n) is 3.61. The number of carbonyl (C=O) groups excluding carboxylic acids is 1. The van der Waals surface area contributed by atoms with E-state index in [1.165, 1.54) is 0 Å². The van der Waals surface area contributed by atoms with Crippen LogP contribution in [0.25, 0.3) is 0 Å². The number of carboxylic acids is 1. The maximum absolute atomic E-state index is 12.3. The van der Waals surface area contributed by atoms with E-state index in [0.29, 0.717) is 18.5 Å². The van der Waals surface area contributed by atoms with E-state index in [-0.39, 0.29) is 5.91 Å². The average Bonchev–Trinajstić information content (AvgIpc) is 2.41. The van der Waals surface area contributed by atoms with Crippen LogP contribution in [0.15, 0.2) is 27.1 Å². The van der Waals surface area contributed by atoms with E-state index in [2.05, 4.69) is 37.2 Å². The number of benzene rings is 1. The number of rotatable bonds is 3. The van der Waals surface area contributed by atoms with Gasteiger partial charge in [0.2, 0.25) is 5.91 Å². The molecule has 20 heavy (non-hydrogen) atoms. The fraction of sp³-hybridized carbons (Fsp3) is 0.429. The van der Waals surface area contributed by atoms with Crippen molar-refractivity contribution in [3.05, 3.63) is 27.1 Å². The quantitative estimate of drug-likeness (QED) is 0.798. The Bertz CT molecular complexity index is 533. The summed E-state index contributed by atoms with van der Waals surface area (Å²) >= 11 is 6.73. The molecule has 1 aliphatic rings. The molecule has 4 nitrogen and oxygen atoms in total. The Morgan fingerprint density at radius 3 is 2.40 bits per heavy atom. The smallest absolute Gasteiger partial charge is 0.307 e. The van der Waals surface area contributed by atoms with Crippen LogP contribution in [0.4, 0.5) is 5.69 Å². The van der Waals surface area contributed by atoms with Crippen LogP contribution in [0.1, 0.15) is 25.7 Å². The molecule has 108 valence electrons. The predicted octanol–water partition coefficient (Wildman–Crippen LogP) is 4.04.